The highest BCUT2D eigenvalue weighted by atomic mass is 31.2. The van der Waals surface area contributed by atoms with Crippen LogP contribution in [0.3, 0.4) is 0 Å². The van der Waals surface area contributed by atoms with Crippen LogP contribution >= 0.6 is 7.26 Å². The fraction of sp³-hybridized carbons (Fsp3) is 0.250. The maximum Gasteiger partial charge on any atom is 0.573 e. The number of ether oxygens (including phenoxy) is 1. The van der Waals surface area contributed by atoms with Crippen LogP contribution in [0.1, 0.15) is 13.3 Å². The van der Waals surface area contributed by atoms with Crippen molar-refractivity contribution in [2.45, 2.75) is 19.7 Å². The van der Waals surface area contributed by atoms with Gasteiger partial charge in [-0.2, -0.15) is 0 Å². The molecule has 3 aromatic carbocycles. The van der Waals surface area contributed by atoms with E-state index >= 15 is 0 Å². The standard InChI is InChI=1S/C24H26F3NOP/c1-4-17-30(20-11-7-5-8-12-20,21-13-9-6-10-14-21)23-16-15-19(28(2)3)18-22(23)29-24(25,26)27/h5-16,18H,4,17H2,1-3H3/q+1. The Hall–Kier alpha value is -2.52. The Morgan fingerprint density at radius 3 is 1.80 bits per heavy atom. The third-order valence-corrected chi connectivity index (χ3v) is 9.72. The molecule has 0 aliphatic rings. The van der Waals surface area contributed by atoms with Crippen molar-refractivity contribution in [2.75, 3.05) is 25.2 Å². The average molecular weight is 432 g/mol. The molecule has 0 aliphatic heterocycles. The largest absolute Gasteiger partial charge is 0.573 e. The van der Waals surface area contributed by atoms with Crippen LogP contribution in [0.5, 0.6) is 5.75 Å². The molecule has 0 atom stereocenters. The number of rotatable bonds is 7. The number of hydrogen-bond acceptors (Lipinski definition) is 2. The van der Waals surface area contributed by atoms with E-state index in [0.29, 0.717) is 11.0 Å². The Morgan fingerprint density at radius 2 is 1.37 bits per heavy atom. The third kappa shape index (κ3) is 4.62. The van der Waals surface area contributed by atoms with E-state index in [1.807, 2.05) is 72.8 Å². The first-order valence-corrected chi connectivity index (χ1v) is 11.8. The maximum absolute atomic E-state index is 13.4. The second-order valence-electron chi connectivity index (χ2n) is 7.30. The lowest BCUT2D eigenvalue weighted by Gasteiger charge is -2.29. The predicted molar refractivity (Wildman–Crippen MR) is 121 cm³/mol. The van der Waals surface area contributed by atoms with Crippen molar-refractivity contribution in [2.24, 2.45) is 0 Å². The van der Waals surface area contributed by atoms with Gasteiger partial charge in [0.1, 0.15) is 23.2 Å². The van der Waals surface area contributed by atoms with Crippen LogP contribution in [0.25, 0.3) is 0 Å². The van der Waals surface area contributed by atoms with E-state index < -0.39 is 13.6 Å². The highest BCUT2D eigenvalue weighted by Crippen LogP contribution is 2.58. The summed E-state index contributed by atoms with van der Waals surface area (Å²) in [5, 5.41) is 2.70. The van der Waals surface area contributed by atoms with Crippen LogP contribution in [0.2, 0.25) is 0 Å². The SMILES string of the molecule is CCC[P+](c1ccccc1)(c1ccccc1)c1ccc(N(C)C)cc1OC(F)(F)F. The summed E-state index contributed by atoms with van der Waals surface area (Å²) in [5.74, 6) is -0.122. The number of nitrogens with zero attached hydrogens (tertiary/aromatic N) is 1. The molecular formula is C24H26F3NOP+. The zero-order chi connectivity index (χ0) is 21.8. The van der Waals surface area contributed by atoms with E-state index in [-0.39, 0.29) is 5.75 Å². The maximum atomic E-state index is 13.4. The molecule has 0 spiro atoms. The van der Waals surface area contributed by atoms with E-state index in [4.69, 9.17) is 0 Å². The Morgan fingerprint density at radius 1 is 0.833 bits per heavy atom. The van der Waals surface area contributed by atoms with Gasteiger partial charge in [-0.05, 0) is 42.8 Å². The van der Waals surface area contributed by atoms with Crippen LogP contribution in [0.15, 0.2) is 78.9 Å². The number of hydrogen-bond donors (Lipinski definition) is 0. The van der Waals surface area contributed by atoms with Gasteiger partial charge in [0.25, 0.3) is 0 Å². The molecular weight excluding hydrogens is 406 g/mol. The molecule has 0 unspecified atom stereocenters. The van der Waals surface area contributed by atoms with Crippen molar-refractivity contribution < 1.29 is 17.9 Å². The van der Waals surface area contributed by atoms with Gasteiger partial charge >= 0.3 is 6.36 Å². The molecule has 3 aromatic rings. The molecule has 2 nitrogen and oxygen atoms in total. The minimum atomic E-state index is -4.77. The predicted octanol–water partition coefficient (Wildman–Crippen LogP) is 5.36. The van der Waals surface area contributed by atoms with Gasteiger partial charge < -0.3 is 9.64 Å². The van der Waals surface area contributed by atoms with Crippen molar-refractivity contribution in [1.29, 1.82) is 0 Å². The van der Waals surface area contributed by atoms with Gasteiger partial charge in [0, 0.05) is 25.8 Å². The Bertz CT molecular complexity index is 920. The number of benzene rings is 3. The molecule has 158 valence electrons. The van der Waals surface area contributed by atoms with Crippen LogP contribution in [0.4, 0.5) is 18.9 Å². The molecule has 6 heteroatoms. The van der Waals surface area contributed by atoms with Gasteiger partial charge in [-0.25, -0.2) is 0 Å². The van der Waals surface area contributed by atoms with Gasteiger partial charge in [-0.15, -0.1) is 13.2 Å². The van der Waals surface area contributed by atoms with Crippen LogP contribution in [0, 0.1) is 0 Å². The number of alkyl halides is 3. The summed E-state index contributed by atoms with van der Waals surface area (Å²) in [4.78, 5) is 1.78. The second kappa shape index (κ2) is 9.09. The molecule has 0 saturated heterocycles. The second-order valence-corrected chi connectivity index (χ2v) is 10.9. The van der Waals surface area contributed by atoms with Gasteiger partial charge in [0.15, 0.2) is 5.75 Å². The molecule has 0 fully saturated rings. The lowest BCUT2D eigenvalue weighted by molar-refractivity contribution is -0.274. The summed E-state index contributed by atoms with van der Waals surface area (Å²) in [6.45, 7) is 2.07. The van der Waals surface area contributed by atoms with Crippen molar-refractivity contribution in [3.8, 4) is 5.75 Å². The molecule has 0 bridgehead atoms. The first kappa shape index (κ1) is 22.2. The van der Waals surface area contributed by atoms with E-state index in [0.717, 1.165) is 23.2 Å². The first-order valence-electron chi connectivity index (χ1n) is 9.85. The number of anilines is 1. The van der Waals surface area contributed by atoms with Crippen molar-refractivity contribution in [3.05, 3.63) is 78.9 Å². The molecule has 0 aliphatic carbocycles. The van der Waals surface area contributed by atoms with Crippen LogP contribution in [-0.2, 0) is 0 Å². The highest BCUT2D eigenvalue weighted by molar-refractivity contribution is 7.95. The molecule has 0 heterocycles. The normalized spacial score (nSPS) is 11.9. The Labute approximate surface area is 176 Å². The van der Waals surface area contributed by atoms with E-state index in [2.05, 4.69) is 11.7 Å². The van der Waals surface area contributed by atoms with Crippen LogP contribution < -0.4 is 25.6 Å². The zero-order valence-corrected chi connectivity index (χ0v) is 18.3. The molecule has 0 saturated carbocycles. The van der Waals surface area contributed by atoms with Gasteiger partial charge in [0.2, 0.25) is 0 Å². The van der Waals surface area contributed by atoms with Crippen molar-refractivity contribution in [1.82, 2.24) is 0 Å². The smallest absolute Gasteiger partial charge is 0.401 e. The number of halogens is 3. The van der Waals surface area contributed by atoms with E-state index in [9.17, 15) is 13.2 Å². The lowest BCUT2D eigenvalue weighted by atomic mass is 10.3. The monoisotopic (exact) mass is 432 g/mol. The third-order valence-electron chi connectivity index (χ3n) is 5.05. The average Bonchev–Trinajstić information content (AvgIpc) is 2.72. The lowest BCUT2D eigenvalue weighted by Crippen LogP contribution is -2.35. The molecule has 0 radical (unpaired) electrons. The van der Waals surface area contributed by atoms with Crippen molar-refractivity contribution in [3.63, 3.8) is 0 Å². The molecule has 0 N–H and O–H groups in total. The van der Waals surface area contributed by atoms with E-state index in [1.165, 1.54) is 6.07 Å². The summed E-state index contributed by atoms with van der Waals surface area (Å²) in [6.07, 6.45) is -3.19. The summed E-state index contributed by atoms with van der Waals surface area (Å²) >= 11 is 0. The summed E-state index contributed by atoms with van der Waals surface area (Å²) in [5.41, 5.74) is 0.661. The minimum Gasteiger partial charge on any atom is -0.401 e. The van der Waals surface area contributed by atoms with Gasteiger partial charge in [-0.1, -0.05) is 43.3 Å². The fourth-order valence-corrected chi connectivity index (χ4v) is 8.27. The quantitative estimate of drug-likeness (QED) is 0.467. The van der Waals surface area contributed by atoms with Crippen LogP contribution in [-0.4, -0.2) is 26.6 Å². The van der Waals surface area contributed by atoms with E-state index in [1.54, 1.807) is 19.0 Å². The minimum absolute atomic E-state index is 0.122. The fourth-order valence-electron chi connectivity index (χ4n) is 3.81. The summed E-state index contributed by atoms with van der Waals surface area (Å²) < 4.78 is 44.8. The topological polar surface area (TPSA) is 12.5 Å². The summed E-state index contributed by atoms with van der Waals surface area (Å²) in [7, 11) is 1.23. The summed E-state index contributed by atoms with van der Waals surface area (Å²) in [6, 6.07) is 24.9. The van der Waals surface area contributed by atoms with Crippen molar-refractivity contribution >= 4 is 28.9 Å². The Kier molecular flexibility index (Phi) is 6.72. The zero-order valence-electron chi connectivity index (χ0n) is 17.4. The van der Waals surface area contributed by atoms with Gasteiger partial charge in [0.05, 0.1) is 6.16 Å². The Balaban J connectivity index is 2.36. The van der Waals surface area contributed by atoms with Gasteiger partial charge in [-0.3, -0.25) is 0 Å². The molecule has 3 rings (SSSR count). The molecule has 0 amide bonds. The molecule has 30 heavy (non-hydrogen) atoms. The highest BCUT2D eigenvalue weighted by Gasteiger charge is 2.48. The first-order chi connectivity index (χ1) is 14.3. The molecule has 0 aromatic heterocycles.